The summed E-state index contributed by atoms with van der Waals surface area (Å²) in [7, 11) is 1.47. The normalized spacial score (nSPS) is 29.7. The van der Waals surface area contributed by atoms with Crippen LogP contribution in [0.1, 0.15) is 51.1 Å². The fourth-order valence-corrected chi connectivity index (χ4v) is 4.46. The second-order valence-corrected chi connectivity index (χ2v) is 7.47. The van der Waals surface area contributed by atoms with Crippen LogP contribution in [-0.2, 0) is 4.74 Å². The van der Waals surface area contributed by atoms with Gasteiger partial charge in [-0.25, -0.2) is 4.79 Å². The van der Waals surface area contributed by atoms with Crippen molar-refractivity contribution >= 4 is 6.09 Å². The summed E-state index contributed by atoms with van der Waals surface area (Å²) in [4.78, 5) is 16.5. The smallest absolute Gasteiger partial charge is 0.409 e. The number of hydrogen-bond acceptors (Lipinski definition) is 4. The number of aryl methyl sites for hydroxylation is 1. The molecule has 3 heterocycles. The Hall–Kier alpha value is -1.56. The van der Waals surface area contributed by atoms with Gasteiger partial charge in [-0.05, 0) is 52.0 Å². The van der Waals surface area contributed by atoms with E-state index < -0.39 is 0 Å². The summed E-state index contributed by atoms with van der Waals surface area (Å²) < 4.78 is 7.08. The molecule has 134 valence electrons. The van der Waals surface area contributed by atoms with Crippen molar-refractivity contribution in [2.75, 3.05) is 20.2 Å². The van der Waals surface area contributed by atoms with Gasteiger partial charge in [0.25, 0.3) is 0 Å². The SMILES string of the molecule is COC(=O)N1C(C)CC(N2CCC(n3cc(C)cn3)CC2)CC1C. The molecular formula is C18H30N4O2. The average molecular weight is 334 g/mol. The summed E-state index contributed by atoms with van der Waals surface area (Å²) in [6.07, 6.45) is 8.27. The number of amides is 1. The summed E-state index contributed by atoms with van der Waals surface area (Å²) >= 11 is 0. The fraction of sp³-hybridized carbons (Fsp3) is 0.778. The molecule has 24 heavy (non-hydrogen) atoms. The lowest BCUT2D eigenvalue weighted by Gasteiger charge is -2.47. The molecule has 3 rings (SSSR count). The summed E-state index contributed by atoms with van der Waals surface area (Å²) in [6, 6.07) is 1.56. The summed E-state index contributed by atoms with van der Waals surface area (Å²) in [5, 5.41) is 4.48. The largest absolute Gasteiger partial charge is 0.453 e. The third kappa shape index (κ3) is 3.43. The number of nitrogens with zero attached hydrogens (tertiary/aromatic N) is 4. The van der Waals surface area contributed by atoms with Crippen LogP contribution in [0, 0.1) is 6.92 Å². The second kappa shape index (κ2) is 7.13. The minimum absolute atomic E-state index is 0.193. The lowest BCUT2D eigenvalue weighted by molar-refractivity contribution is 0.0199. The number of likely N-dealkylation sites (tertiary alicyclic amines) is 2. The molecule has 1 aromatic rings. The van der Waals surface area contributed by atoms with Gasteiger partial charge in [-0.3, -0.25) is 4.68 Å². The van der Waals surface area contributed by atoms with E-state index >= 15 is 0 Å². The van der Waals surface area contributed by atoms with Gasteiger partial charge in [-0.15, -0.1) is 0 Å². The number of aromatic nitrogens is 2. The first-order valence-corrected chi connectivity index (χ1v) is 9.10. The molecule has 2 aliphatic heterocycles. The van der Waals surface area contributed by atoms with Crippen LogP contribution in [0.4, 0.5) is 4.79 Å². The van der Waals surface area contributed by atoms with Crippen molar-refractivity contribution in [3.63, 3.8) is 0 Å². The Morgan fingerprint density at radius 1 is 1.17 bits per heavy atom. The predicted octanol–water partition coefficient (Wildman–Crippen LogP) is 2.84. The third-order valence-corrected chi connectivity index (χ3v) is 5.68. The van der Waals surface area contributed by atoms with Crippen molar-refractivity contribution in [2.45, 2.75) is 70.6 Å². The fourth-order valence-electron chi connectivity index (χ4n) is 4.46. The number of hydrogen-bond donors (Lipinski definition) is 0. The molecule has 2 atom stereocenters. The molecule has 2 saturated heterocycles. The van der Waals surface area contributed by atoms with Crippen LogP contribution in [0.15, 0.2) is 12.4 Å². The van der Waals surface area contributed by atoms with Crippen LogP contribution >= 0.6 is 0 Å². The standard InChI is InChI=1S/C18H30N4O2/c1-13-11-19-21(12-13)16-5-7-20(8-6-16)17-9-14(2)22(15(3)10-17)18(23)24-4/h11-12,14-17H,5-10H2,1-4H3. The van der Waals surface area contributed by atoms with Crippen LogP contribution in [-0.4, -0.2) is 64.0 Å². The van der Waals surface area contributed by atoms with Crippen LogP contribution < -0.4 is 0 Å². The lowest BCUT2D eigenvalue weighted by Crippen LogP contribution is -2.56. The molecular weight excluding hydrogens is 304 g/mol. The highest BCUT2D eigenvalue weighted by molar-refractivity contribution is 5.68. The van der Waals surface area contributed by atoms with Gasteiger partial charge >= 0.3 is 6.09 Å². The van der Waals surface area contributed by atoms with Crippen molar-refractivity contribution < 1.29 is 9.53 Å². The van der Waals surface area contributed by atoms with E-state index in [9.17, 15) is 4.79 Å². The van der Waals surface area contributed by atoms with Gasteiger partial charge in [0.1, 0.15) is 0 Å². The first-order chi connectivity index (χ1) is 11.5. The van der Waals surface area contributed by atoms with Crippen LogP contribution in [0.2, 0.25) is 0 Å². The van der Waals surface area contributed by atoms with E-state index in [4.69, 9.17) is 4.74 Å². The number of carbonyl (C=O) groups is 1. The van der Waals surface area contributed by atoms with Crippen molar-refractivity contribution in [1.29, 1.82) is 0 Å². The molecule has 6 heteroatoms. The van der Waals surface area contributed by atoms with Gasteiger partial charge in [0, 0.05) is 37.4 Å². The number of rotatable bonds is 2. The molecule has 0 spiro atoms. The molecule has 0 aromatic carbocycles. The van der Waals surface area contributed by atoms with Crippen molar-refractivity contribution in [1.82, 2.24) is 19.6 Å². The van der Waals surface area contributed by atoms with E-state index in [1.807, 2.05) is 11.1 Å². The number of carbonyl (C=O) groups excluding carboxylic acids is 1. The molecule has 0 bridgehead atoms. The third-order valence-electron chi connectivity index (χ3n) is 5.68. The number of methoxy groups -OCH3 is 1. The van der Waals surface area contributed by atoms with Gasteiger partial charge in [-0.1, -0.05) is 0 Å². The molecule has 1 amide bonds. The maximum absolute atomic E-state index is 12.0. The summed E-state index contributed by atoms with van der Waals surface area (Å²) in [5.74, 6) is 0. The van der Waals surface area contributed by atoms with E-state index in [0.29, 0.717) is 12.1 Å². The second-order valence-electron chi connectivity index (χ2n) is 7.47. The molecule has 0 aliphatic carbocycles. The van der Waals surface area contributed by atoms with Gasteiger partial charge in [-0.2, -0.15) is 5.10 Å². The molecule has 2 unspecified atom stereocenters. The topological polar surface area (TPSA) is 50.6 Å². The highest BCUT2D eigenvalue weighted by Gasteiger charge is 2.37. The molecule has 0 N–H and O–H groups in total. The number of piperidine rings is 2. The lowest BCUT2D eigenvalue weighted by atomic mass is 9.90. The Morgan fingerprint density at radius 2 is 1.79 bits per heavy atom. The van der Waals surface area contributed by atoms with E-state index in [-0.39, 0.29) is 18.2 Å². The van der Waals surface area contributed by atoms with Gasteiger partial charge in [0.2, 0.25) is 0 Å². The predicted molar refractivity (Wildman–Crippen MR) is 93.0 cm³/mol. The summed E-state index contributed by atoms with van der Waals surface area (Å²) in [6.45, 7) is 8.60. The quantitative estimate of drug-likeness (QED) is 0.834. The van der Waals surface area contributed by atoms with Gasteiger partial charge in [0.15, 0.2) is 0 Å². The first kappa shape index (κ1) is 17.3. The minimum atomic E-state index is -0.193. The zero-order valence-electron chi connectivity index (χ0n) is 15.3. The first-order valence-electron chi connectivity index (χ1n) is 9.10. The van der Waals surface area contributed by atoms with Crippen LogP contribution in [0.25, 0.3) is 0 Å². The minimum Gasteiger partial charge on any atom is -0.453 e. The average Bonchev–Trinajstić information content (AvgIpc) is 3.00. The Labute approximate surface area is 144 Å². The molecule has 0 saturated carbocycles. The Kier molecular flexibility index (Phi) is 5.13. The van der Waals surface area contributed by atoms with Crippen LogP contribution in [0.3, 0.4) is 0 Å². The van der Waals surface area contributed by atoms with Gasteiger partial charge < -0.3 is 14.5 Å². The monoisotopic (exact) mass is 334 g/mol. The molecule has 6 nitrogen and oxygen atoms in total. The highest BCUT2D eigenvalue weighted by atomic mass is 16.5. The van der Waals surface area contributed by atoms with Crippen molar-refractivity contribution in [3.8, 4) is 0 Å². The van der Waals surface area contributed by atoms with E-state index in [1.54, 1.807) is 0 Å². The summed E-state index contributed by atoms with van der Waals surface area (Å²) in [5.41, 5.74) is 1.23. The molecule has 2 aliphatic rings. The Morgan fingerprint density at radius 3 is 2.29 bits per heavy atom. The Bertz CT molecular complexity index is 553. The highest BCUT2D eigenvalue weighted by Crippen LogP contribution is 2.31. The molecule has 0 radical (unpaired) electrons. The zero-order valence-corrected chi connectivity index (χ0v) is 15.3. The molecule has 1 aromatic heterocycles. The number of ether oxygens (including phenoxy) is 1. The maximum Gasteiger partial charge on any atom is 0.409 e. The molecule has 2 fully saturated rings. The van der Waals surface area contributed by atoms with E-state index in [1.165, 1.54) is 12.7 Å². The zero-order chi connectivity index (χ0) is 17.3. The Balaban J connectivity index is 1.56. The van der Waals surface area contributed by atoms with Crippen molar-refractivity contribution in [3.05, 3.63) is 18.0 Å². The van der Waals surface area contributed by atoms with Gasteiger partial charge in [0.05, 0.1) is 19.3 Å². The maximum atomic E-state index is 12.0. The van der Waals surface area contributed by atoms with E-state index in [2.05, 4.69) is 41.6 Å². The van der Waals surface area contributed by atoms with E-state index in [0.717, 1.165) is 38.8 Å². The van der Waals surface area contributed by atoms with Crippen LogP contribution in [0.5, 0.6) is 0 Å². The van der Waals surface area contributed by atoms with Crippen molar-refractivity contribution in [2.24, 2.45) is 0 Å².